The number of rotatable bonds is 4. The molecule has 2 N–H and O–H groups in total. The lowest BCUT2D eigenvalue weighted by atomic mass is 10.0. The van der Waals surface area contributed by atoms with Gasteiger partial charge in [0.05, 0.1) is 20.7 Å². The van der Waals surface area contributed by atoms with Crippen molar-refractivity contribution in [2.75, 3.05) is 0 Å². The zero-order valence-electron chi connectivity index (χ0n) is 15.2. The van der Waals surface area contributed by atoms with Crippen molar-refractivity contribution in [2.45, 2.75) is 11.8 Å². The van der Waals surface area contributed by atoms with Gasteiger partial charge in [-0.1, -0.05) is 36.4 Å². The van der Waals surface area contributed by atoms with E-state index in [0.29, 0.717) is 5.56 Å². The fraction of sp³-hybridized carbons (Fsp3) is 0.0500. The van der Waals surface area contributed by atoms with Gasteiger partial charge in [-0.3, -0.25) is 10.1 Å². The van der Waals surface area contributed by atoms with Gasteiger partial charge in [-0.2, -0.15) is 0 Å². The predicted octanol–water partition coefficient (Wildman–Crippen LogP) is 4.49. The van der Waals surface area contributed by atoms with Crippen LogP contribution in [-0.2, 0) is 10.0 Å². The van der Waals surface area contributed by atoms with Crippen molar-refractivity contribution in [2.24, 2.45) is 5.14 Å². The second-order valence-electron chi connectivity index (χ2n) is 6.52. The molecule has 4 aromatic rings. The van der Waals surface area contributed by atoms with Crippen LogP contribution in [0.15, 0.2) is 65.6 Å². The number of benzene rings is 3. The second kappa shape index (κ2) is 7.03. The third-order valence-electron chi connectivity index (χ3n) is 4.47. The molecule has 0 atom stereocenters. The number of sulfonamides is 1. The van der Waals surface area contributed by atoms with Crippen LogP contribution < -0.4 is 5.14 Å². The summed E-state index contributed by atoms with van der Waals surface area (Å²) in [6.07, 6.45) is 0. The zero-order chi connectivity index (χ0) is 20.8. The summed E-state index contributed by atoms with van der Waals surface area (Å²) >= 11 is 1.56. The number of nitrogens with zero attached hydrogens (tertiary/aromatic N) is 2. The van der Waals surface area contributed by atoms with Crippen molar-refractivity contribution in [3.63, 3.8) is 0 Å². The molecule has 0 radical (unpaired) electrons. The number of para-hydroxylation sites is 1. The number of aryl methyl sites for hydroxylation is 1. The number of hydrogen-bond donors (Lipinski definition) is 1. The highest BCUT2D eigenvalue weighted by molar-refractivity contribution is 7.89. The summed E-state index contributed by atoms with van der Waals surface area (Å²) in [6.45, 7) is 2.02. The molecule has 0 aliphatic heterocycles. The fourth-order valence-corrected chi connectivity index (χ4v) is 4.91. The highest BCUT2D eigenvalue weighted by Crippen LogP contribution is 2.37. The smallest absolute Gasteiger partial charge is 0.258 e. The first-order valence-electron chi connectivity index (χ1n) is 8.52. The topological polar surface area (TPSA) is 116 Å². The van der Waals surface area contributed by atoms with Crippen LogP contribution in [-0.4, -0.2) is 18.3 Å². The van der Waals surface area contributed by atoms with Crippen LogP contribution in [0.3, 0.4) is 0 Å². The van der Waals surface area contributed by atoms with E-state index in [2.05, 4.69) is 11.1 Å². The molecular formula is C20H15N3O4S2. The van der Waals surface area contributed by atoms with Gasteiger partial charge in [0.2, 0.25) is 10.0 Å². The highest BCUT2D eigenvalue weighted by Gasteiger charge is 2.27. The van der Waals surface area contributed by atoms with Crippen LogP contribution in [0.5, 0.6) is 0 Å². The maximum absolute atomic E-state index is 11.8. The van der Waals surface area contributed by atoms with Crippen molar-refractivity contribution in [1.82, 2.24) is 4.98 Å². The van der Waals surface area contributed by atoms with Gasteiger partial charge in [0.1, 0.15) is 5.01 Å². The van der Waals surface area contributed by atoms with Crippen molar-refractivity contribution < 1.29 is 13.3 Å². The van der Waals surface area contributed by atoms with Gasteiger partial charge in [-0.15, -0.1) is 11.3 Å². The molecule has 146 valence electrons. The summed E-state index contributed by atoms with van der Waals surface area (Å²) in [7, 11) is -4.23. The zero-order valence-corrected chi connectivity index (χ0v) is 16.8. The molecule has 0 unspecified atom stereocenters. The Labute approximate surface area is 170 Å². The van der Waals surface area contributed by atoms with Gasteiger partial charge >= 0.3 is 0 Å². The van der Waals surface area contributed by atoms with Crippen LogP contribution >= 0.6 is 11.3 Å². The third-order valence-corrected chi connectivity index (χ3v) is 6.48. The van der Waals surface area contributed by atoms with Gasteiger partial charge in [0.15, 0.2) is 4.90 Å². The Morgan fingerprint density at radius 1 is 1.03 bits per heavy atom. The van der Waals surface area contributed by atoms with E-state index in [1.165, 1.54) is 12.1 Å². The molecule has 9 heteroatoms. The summed E-state index contributed by atoms with van der Waals surface area (Å²) in [5.41, 5.74) is 3.12. The summed E-state index contributed by atoms with van der Waals surface area (Å²) in [4.78, 5) is 15.0. The molecule has 0 saturated heterocycles. The summed E-state index contributed by atoms with van der Waals surface area (Å²) in [5, 5.41) is 17.5. The van der Waals surface area contributed by atoms with Gasteiger partial charge in [-0.25, -0.2) is 18.5 Å². The molecule has 0 bridgehead atoms. The second-order valence-corrected chi connectivity index (χ2v) is 9.08. The first-order chi connectivity index (χ1) is 13.7. The molecule has 0 aliphatic rings. The minimum absolute atomic E-state index is 0.188. The van der Waals surface area contributed by atoms with Crippen LogP contribution in [0.1, 0.15) is 5.56 Å². The normalized spacial score (nSPS) is 11.7. The highest BCUT2D eigenvalue weighted by atomic mass is 32.2. The van der Waals surface area contributed by atoms with E-state index in [1.807, 2.05) is 31.2 Å². The number of thiazole rings is 1. The average molecular weight is 425 g/mol. The Hall–Kier alpha value is -3.14. The monoisotopic (exact) mass is 425 g/mol. The van der Waals surface area contributed by atoms with Crippen LogP contribution in [0, 0.1) is 17.0 Å². The number of primary sulfonamides is 1. The first-order valence-corrected chi connectivity index (χ1v) is 10.9. The quantitative estimate of drug-likeness (QED) is 0.382. The van der Waals surface area contributed by atoms with Crippen molar-refractivity contribution in [3.05, 3.63) is 76.3 Å². The predicted molar refractivity (Wildman–Crippen MR) is 113 cm³/mol. The van der Waals surface area contributed by atoms with E-state index >= 15 is 0 Å². The summed E-state index contributed by atoms with van der Waals surface area (Å²) in [6, 6.07) is 17.2. The number of fused-ring (bicyclic) bond motifs is 1. The first kappa shape index (κ1) is 19.2. The van der Waals surface area contributed by atoms with Crippen molar-refractivity contribution >= 4 is 37.3 Å². The number of hydrogen-bond acceptors (Lipinski definition) is 6. The van der Waals surface area contributed by atoms with Crippen molar-refractivity contribution in [3.8, 4) is 21.7 Å². The molecule has 29 heavy (non-hydrogen) atoms. The van der Waals surface area contributed by atoms with Crippen molar-refractivity contribution in [1.29, 1.82) is 0 Å². The number of aromatic nitrogens is 1. The Morgan fingerprint density at radius 2 is 1.72 bits per heavy atom. The standard InChI is InChI=1S/C20H15N3O4S2/c1-12-5-10-16-17(11-12)28-20(22-16)14-8-6-13(7-9-14)15-3-2-4-18(29(21,26)27)19(15)23(24)25/h2-11H,1H3,(H2,21,26,27). The molecule has 0 spiro atoms. The molecule has 0 saturated carbocycles. The maximum atomic E-state index is 11.8. The number of nitro groups is 1. The number of nitrogens with two attached hydrogens (primary N) is 1. The minimum atomic E-state index is -4.23. The third kappa shape index (κ3) is 3.63. The minimum Gasteiger partial charge on any atom is -0.258 e. The molecule has 4 rings (SSSR count). The Morgan fingerprint density at radius 3 is 2.38 bits per heavy atom. The molecule has 1 heterocycles. The lowest BCUT2D eigenvalue weighted by Crippen LogP contribution is -2.14. The SMILES string of the molecule is Cc1ccc2nc(-c3ccc(-c4cccc(S(N)(=O)=O)c4[N+](=O)[O-])cc3)sc2c1. The van der Waals surface area contributed by atoms with Gasteiger partial charge in [-0.05, 0) is 42.3 Å². The molecule has 3 aromatic carbocycles. The van der Waals surface area contributed by atoms with Crippen LogP contribution in [0.2, 0.25) is 0 Å². The molecular weight excluding hydrogens is 410 g/mol. The summed E-state index contributed by atoms with van der Waals surface area (Å²) in [5.74, 6) is 0. The lowest BCUT2D eigenvalue weighted by molar-refractivity contribution is -0.387. The maximum Gasteiger partial charge on any atom is 0.297 e. The van der Waals surface area contributed by atoms with Crippen LogP contribution in [0.4, 0.5) is 5.69 Å². The largest absolute Gasteiger partial charge is 0.297 e. The molecule has 1 aromatic heterocycles. The van der Waals surface area contributed by atoms with E-state index in [4.69, 9.17) is 5.14 Å². The molecule has 7 nitrogen and oxygen atoms in total. The average Bonchev–Trinajstić information content (AvgIpc) is 3.10. The van der Waals surface area contributed by atoms with Gasteiger partial charge < -0.3 is 0 Å². The molecule has 0 aliphatic carbocycles. The van der Waals surface area contributed by atoms with Gasteiger partial charge in [0.25, 0.3) is 5.69 Å². The van der Waals surface area contributed by atoms with E-state index in [-0.39, 0.29) is 5.56 Å². The van der Waals surface area contributed by atoms with Crippen LogP contribution in [0.25, 0.3) is 31.9 Å². The number of nitro benzene ring substituents is 1. The molecule has 0 fully saturated rings. The Kier molecular flexibility index (Phi) is 4.65. The fourth-order valence-electron chi connectivity index (χ4n) is 3.12. The van der Waals surface area contributed by atoms with E-state index < -0.39 is 25.5 Å². The lowest BCUT2D eigenvalue weighted by Gasteiger charge is -2.07. The van der Waals surface area contributed by atoms with E-state index in [9.17, 15) is 18.5 Å². The summed E-state index contributed by atoms with van der Waals surface area (Å²) < 4.78 is 24.6. The molecule has 0 amide bonds. The van der Waals surface area contributed by atoms with E-state index in [0.717, 1.165) is 32.4 Å². The van der Waals surface area contributed by atoms with Gasteiger partial charge in [0, 0.05) is 5.56 Å². The Balaban J connectivity index is 1.79. The Bertz CT molecular complexity index is 1360. The van der Waals surface area contributed by atoms with E-state index in [1.54, 1.807) is 23.5 Å².